The fraction of sp³-hybridized carbons (Fsp3) is 0.238. The van der Waals surface area contributed by atoms with Gasteiger partial charge >= 0.3 is 0 Å². The Morgan fingerprint density at radius 2 is 2.03 bits per heavy atom. The van der Waals surface area contributed by atoms with Gasteiger partial charge in [0.2, 0.25) is 17.6 Å². The van der Waals surface area contributed by atoms with Crippen molar-refractivity contribution in [2.24, 2.45) is 0 Å². The van der Waals surface area contributed by atoms with E-state index in [1.807, 2.05) is 0 Å². The van der Waals surface area contributed by atoms with Crippen LogP contribution in [0.3, 0.4) is 0 Å². The van der Waals surface area contributed by atoms with Crippen LogP contribution < -0.4 is 15.4 Å². The molecule has 0 spiro atoms. The minimum Gasteiger partial charge on any atom is -0.479 e. The highest BCUT2D eigenvalue weighted by atomic mass is 19.1. The number of amides is 2. The van der Waals surface area contributed by atoms with E-state index in [-0.39, 0.29) is 24.1 Å². The van der Waals surface area contributed by atoms with Crippen LogP contribution in [0.25, 0.3) is 11.4 Å². The van der Waals surface area contributed by atoms with Crippen LogP contribution in [0.2, 0.25) is 0 Å². The molecule has 0 saturated carbocycles. The molecule has 9 heteroatoms. The molecule has 0 aliphatic carbocycles. The third-order valence-electron chi connectivity index (χ3n) is 4.56. The lowest BCUT2D eigenvalue weighted by atomic mass is 10.2. The third kappa shape index (κ3) is 4.45. The number of rotatable bonds is 6. The molecule has 154 valence electrons. The van der Waals surface area contributed by atoms with Crippen LogP contribution in [-0.2, 0) is 16.0 Å². The largest absolute Gasteiger partial charge is 0.479 e. The maximum atomic E-state index is 13.0. The van der Waals surface area contributed by atoms with Crippen LogP contribution in [0, 0.1) is 5.82 Å². The summed E-state index contributed by atoms with van der Waals surface area (Å²) < 4.78 is 23.7. The van der Waals surface area contributed by atoms with Crippen LogP contribution in [0.4, 0.5) is 15.8 Å². The zero-order valence-corrected chi connectivity index (χ0v) is 16.1. The van der Waals surface area contributed by atoms with Crippen molar-refractivity contribution in [3.05, 3.63) is 54.2 Å². The monoisotopic (exact) mass is 410 g/mol. The van der Waals surface area contributed by atoms with Crippen molar-refractivity contribution in [1.29, 1.82) is 0 Å². The van der Waals surface area contributed by atoms with Gasteiger partial charge in [0.25, 0.3) is 5.91 Å². The molecule has 0 bridgehead atoms. The Hall–Kier alpha value is -3.75. The predicted molar refractivity (Wildman–Crippen MR) is 106 cm³/mol. The number of anilines is 2. The van der Waals surface area contributed by atoms with Crippen LogP contribution in [-0.4, -0.2) is 28.1 Å². The number of carbonyl (C=O) groups excluding carboxylic acids is 2. The number of ether oxygens (including phenoxy) is 1. The number of carbonyl (C=O) groups is 2. The highest BCUT2D eigenvalue weighted by Crippen LogP contribution is 2.32. The number of hydrogen-bond acceptors (Lipinski definition) is 6. The fourth-order valence-corrected chi connectivity index (χ4v) is 2.98. The Morgan fingerprint density at radius 1 is 1.23 bits per heavy atom. The molecule has 3 aromatic rings. The van der Waals surface area contributed by atoms with Crippen LogP contribution in [0.1, 0.15) is 25.7 Å². The molecule has 0 radical (unpaired) electrons. The summed E-state index contributed by atoms with van der Waals surface area (Å²) in [4.78, 5) is 28.2. The summed E-state index contributed by atoms with van der Waals surface area (Å²) in [5, 5.41) is 9.41. The lowest BCUT2D eigenvalue weighted by molar-refractivity contribution is -0.122. The minimum atomic E-state index is -0.550. The fourth-order valence-electron chi connectivity index (χ4n) is 2.98. The molecule has 2 aromatic carbocycles. The summed E-state index contributed by atoms with van der Waals surface area (Å²) in [7, 11) is 0. The van der Waals surface area contributed by atoms with Gasteiger partial charge in [-0.1, -0.05) is 5.16 Å². The summed E-state index contributed by atoms with van der Waals surface area (Å²) in [6.45, 7) is 1.67. The molecular formula is C21H19FN4O4. The zero-order valence-electron chi connectivity index (χ0n) is 16.1. The molecule has 0 saturated heterocycles. The topological polar surface area (TPSA) is 106 Å². The summed E-state index contributed by atoms with van der Waals surface area (Å²) in [5.74, 6) is 0.604. The first kappa shape index (κ1) is 19.6. The second-order valence-corrected chi connectivity index (χ2v) is 6.88. The second-order valence-electron chi connectivity index (χ2n) is 6.88. The normalized spacial score (nSPS) is 15.1. The molecule has 1 aliphatic rings. The number of benzene rings is 2. The maximum absolute atomic E-state index is 13.0. The SMILES string of the molecule is C[C@@H]1Oc2ccc(NC(=O)CCCc3nc(-c4ccc(F)cc4)no3)cc2NC1=O. The van der Waals surface area contributed by atoms with Gasteiger partial charge < -0.3 is 19.9 Å². The molecule has 1 aliphatic heterocycles. The van der Waals surface area contributed by atoms with Gasteiger partial charge in [-0.05, 0) is 55.8 Å². The number of hydrogen-bond donors (Lipinski definition) is 2. The Labute approximate surface area is 171 Å². The van der Waals surface area contributed by atoms with E-state index < -0.39 is 6.10 Å². The van der Waals surface area contributed by atoms with Gasteiger partial charge in [-0.25, -0.2) is 4.39 Å². The third-order valence-corrected chi connectivity index (χ3v) is 4.56. The quantitative estimate of drug-likeness (QED) is 0.644. The second kappa shape index (κ2) is 8.32. The molecule has 2 heterocycles. The number of aromatic nitrogens is 2. The molecular weight excluding hydrogens is 391 g/mol. The van der Waals surface area contributed by atoms with Crippen molar-refractivity contribution >= 4 is 23.2 Å². The Kier molecular flexibility index (Phi) is 5.42. The van der Waals surface area contributed by atoms with E-state index in [4.69, 9.17) is 9.26 Å². The van der Waals surface area contributed by atoms with Gasteiger partial charge in [-0.15, -0.1) is 0 Å². The lowest BCUT2D eigenvalue weighted by Gasteiger charge is -2.23. The van der Waals surface area contributed by atoms with Crippen molar-refractivity contribution < 1.29 is 23.2 Å². The number of nitrogens with zero attached hydrogens (tertiary/aromatic N) is 2. The Balaban J connectivity index is 1.28. The van der Waals surface area contributed by atoms with Gasteiger partial charge in [-0.2, -0.15) is 4.98 Å². The number of halogens is 1. The van der Waals surface area contributed by atoms with E-state index in [0.29, 0.717) is 47.2 Å². The first-order valence-corrected chi connectivity index (χ1v) is 9.48. The van der Waals surface area contributed by atoms with Crippen molar-refractivity contribution in [2.45, 2.75) is 32.3 Å². The number of aryl methyl sites for hydroxylation is 1. The summed E-state index contributed by atoms with van der Waals surface area (Å²) in [6, 6.07) is 10.9. The van der Waals surface area contributed by atoms with Crippen molar-refractivity contribution in [2.75, 3.05) is 10.6 Å². The van der Waals surface area contributed by atoms with E-state index in [9.17, 15) is 14.0 Å². The smallest absolute Gasteiger partial charge is 0.265 e. The van der Waals surface area contributed by atoms with Gasteiger partial charge in [0, 0.05) is 24.1 Å². The molecule has 2 amide bonds. The van der Waals surface area contributed by atoms with Crippen molar-refractivity contribution in [3.63, 3.8) is 0 Å². The zero-order chi connectivity index (χ0) is 21.1. The van der Waals surface area contributed by atoms with Crippen LogP contribution in [0.5, 0.6) is 5.75 Å². The van der Waals surface area contributed by atoms with Crippen molar-refractivity contribution in [1.82, 2.24) is 10.1 Å². The lowest BCUT2D eigenvalue weighted by Crippen LogP contribution is -2.34. The average Bonchev–Trinajstić information content (AvgIpc) is 3.18. The molecule has 4 rings (SSSR count). The highest BCUT2D eigenvalue weighted by molar-refractivity contribution is 5.99. The van der Waals surface area contributed by atoms with Gasteiger partial charge in [0.05, 0.1) is 5.69 Å². The van der Waals surface area contributed by atoms with Gasteiger partial charge in [0.1, 0.15) is 11.6 Å². The molecule has 1 atom stereocenters. The maximum Gasteiger partial charge on any atom is 0.265 e. The minimum absolute atomic E-state index is 0.176. The van der Waals surface area contributed by atoms with Crippen LogP contribution in [0.15, 0.2) is 47.0 Å². The molecule has 0 unspecified atom stereocenters. The molecule has 1 aromatic heterocycles. The standard InChI is InChI=1S/C21H19FN4O4/c1-12-21(28)24-16-11-15(9-10-17(16)29-12)23-18(27)3-2-4-19-25-20(26-30-19)13-5-7-14(22)8-6-13/h5-12H,2-4H2,1H3,(H,23,27)(H,24,28)/t12-/m0/s1. The van der Waals surface area contributed by atoms with Crippen molar-refractivity contribution in [3.8, 4) is 17.1 Å². The van der Waals surface area contributed by atoms with E-state index >= 15 is 0 Å². The average molecular weight is 410 g/mol. The molecule has 0 fully saturated rings. The van der Waals surface area contributed by atoms with E-state index in [2.05, 4.69) is 20.8 Å². The molecule has 30 heavy (non-hydrogen) atoms. The first-order chi connectivity index (χ1) is 14.5. The van der Waals surface area contributed by atoms with Gasteiger partial charge in [0.15, 0.2) is 6.10 Å². The number of fused-ring (bicyclic) bond motifs is 1. The predicted octanol–water partition coefficient (Wildman–Crippen LogP) is 3.56. The molecule has 8 nitrogen and oxygen atoms in total. The number of nitrogens with one attached hydrogen (secondary N) is 2. The van der Waals surface area contributed by atoms with E-state index in [0.717, 1.165) is 0 Å². The van der Waals surface area contributed by atoms with E-state index in [1.165, 1.54) is 12.1 Å². The summed E-state index contributed by atoms with van der Waals surface area (Å²) in [5.41, 5.74) is 1.74. The van der Waals surface area contributed by atoms with E-state index in [1.54, 1.807) is 37.3 Å². The summed E-state index contributed by atoms with van der Waals surface area (Å²) in [6.07, 6.45) is 0.657. The Bertz CT molecular complexity index is 1080. The first-order valence-electron chi connectivity index (χ1n) is 9.48. The molecule has 2 N–H and O–H groups in total. The summed E-state index contributed by atoms with van der Waals surface area (Å²) >= 11 is 0. The Morgan fingerprint density at radius 3 is 2.83 bits per heavy atom. The highest BCUT2D eigenvalue weighted by Gasteiger charge is 2.23. The van der Waals surface area contributed by atoms with Gasteiger partial charge in [-0.3, -0.25) is 9.59 Å². The van der Waals surface area contributed by atoms with Crippen LogP contribution >= 0.6 is 0 Å².